The molecule has 2 unspecified atom stereocenters. The Kier molecular flexibility index (Phi) is 9.65. The zero-order valence-electron chi connectivity index (χ0n) is 16.0. The smallest absolute Gasteiger partial charge is 0.206 e. The number of nitrogens with zero attached hydrogens (tertiary/aromatic N) is 2. The van der Waals surface area contributed by atoms with E-state index in [-0.39, 0.29) is 0 Å². The van der Waals surface area contributed by atoms with E-state index in [1.807, 2.05) is 30.8 Å². The van der Waals surface area contributed by atoms with Crippen molar-refractivity contribution in [3.05, 3.63) is 64.7 Å². The molecule has 1 N–H and O–H groups in total. The zero-order valence-corrected chi connectivity index (χ0v) is 17.7. The highest BCUT2D eigenvalue weighted by atomic mass is 32.2. The van der Waals surface area contributed by atoms with Gasteiger partial charge in [-0.25, -0.2) is 0 Å². The van der Waals surface area contributed by atoms with E-state index in [4.69, 9.17) is 9.53 Å². The second-order valence-electron chi connectivity index (χ2n) is 6.02. The number of hydrogen-bond donors (Lipinski definition) is 2. The molecule has 0 spiro atoms. The lowest BCUT2D eigenvalue weighted by atomic mass is 10.1. The van der Waals surface area contributed by atoms with Gasteiger partial charge in [-0.1, -0.05) is 24.3 Å². The standard InChI is InChI=1S/C12H13NOS.C7H7NS.C2H5NO/c1-9(8-15)13-7-10-2-3-12-11(6-10)4-5-14-12;1-2-4-7-6(3-1)8-5-9-7;1-3-2-4/h2-3,6-8,15H,4-5H2,1H3;1-7H;2H,1H3,(H,3,4)/b9-8-,13-7?;;. The molecule has 2 atom stereocenters. The highest BCUT2D eigenvalue weighted by molar-refractivity contribution is 8.13. The van der Waals surface area contributed by atoms with Crippen LogP contribution in [-0.2, 0) is 11.2 Å². The molecule has 0 saturated carbocycles. The Balaban J connectivity index is 0.000000182. The molecule has 7 heteroatoms. The van der Waals surface area contributed by atoms with Gasteiger partial charge in [-0.05, 0) is 41.7 Å². The summed E-state index contributed by atoms with van der Waals surface area (Å²) in [5.74, 6) is 1.01. The molecule has 4 rings (SSSR count). The minimum atomic E-state index is 0.431. The molecule has 0 fully saturated rings. The van der Waals surface area contributed by atoms with E-state index in [0.29, 0.717) is 17.7 Å². The number of aliphatic imine (C=N–C) groups is 2. The summed E-state index contributed by atoms with van der Waals surface area (Å²) in [7, 11) is 1.56. The lowest BCUT2D eigenvalue weighted by Crippen LogP contribution is -2.13. The third-order valence-corrected chi connectivity index (χ3v) is 5.31. The second kappa shape index (κ2) is 12.3. The van der Waals surface area contributed by atoms with Crippen LogP contribution in [0.5, 0.6) is 5.75 Å². The van der Waals surface area contributed by atoms with Crippen molar-refractivity contribution in [3.8, 4) is 5.75 Å². The van der Waals surface area contributed by atoms with Crippen LogP contribution in [0.1, 0.15) is 18.1 Å². The van der Waals surface area contributed by atoms with E-state index < -0.39 is 0 Å². The Morgan fingerprint density at radius 2 is 2.18 bits per heavy atom. The van der Waals surface area contributed by atoms with Crippen molar-refractivity contribution in [1.82, 2.24) is 5.32 Å². The lowest BCUT2D eigenvalue weighted by molar-refractivity contribution is -0.109. The number of carbonyl (C=O) groups excluding carboxylic acids is 1. The minimum absolute atomic E-state index is 0.431. The maximum Gasteiger partial charge on any atom is 0.206 e. The lowest BCUT2D eigenvalue weighted by Gasteiger charge is -2.10. The molecule has 1 aromatic rings. The van der Waals surface area contributed by atoms with Gasteiger partial charge >= 0.3 is 0 Å². The van der Waals surface area contributed by atoms with Crippen LogP contribution in [0.25, 0.3) is 0 Å². The van der Waals surface area contributed by atoms with Crippen LogP contribution in [0.15, 0.2) is 63.6 Å². The number of carbonyl (C=O) groups is 1. The van der Waals surface area contributed by atoms with Gasteiger partial charge in [-0.2, -0.15) is 0 Å². The first-order valence-electron chi connectivity index (χ1n) is 8.91. The fraction of sp³-hybridized carbons (Fsp3) is 0.286. The summed E-state index contributed by atoms with van der Waals surface area (Å²) >= 11 is 5.83. The first-order chi connectivity index (χ1) is 13.7. The topological polar surface area (TPSA) is 63.1 Å². The summed E-state index contributed by atoms with van der Waals surface area (Å²) in [5, 5.41) is 4.53. The van der Waals surface area contributed by atoms with Crippen molar-refractivity contribution in [2.45, 2.75) is 24.6 Å². The number of ether oxygens (including phenoxy) is 1. The van der Waals surface area contributed by atoms with Crippen LogP contribution in [-0.4, -0.2) is 43.1 Å². The van der Waals surface area contributed by atoms with Crippen LogP contribution >= 0.6 is 24.4 Å². The molecular weight excluding hydrogens is 390 g/mol. The Hall–Kier alpha value is -2.25. The zero-order chi connectivity index (χ0) is 20.2. The van der Waals surface area contributed by atoms with E-state index in [0.717, 1.165) is 30.0 Å². The molecule has 28 heavy (non-hydrogen) atoms. The normalized spacial score (nSPS) is 21.0. The third kappa shape index (κ3) is 7.05. The van der Waals surface area contributed by atoms with Gasteiger partial charge in [-0.15, -0.1) is 24.4 Å². The van der Waals surface area contributed by atoms with Gasteiger partial charge < -0.3 is 10.1 Å². The number of thiol groups is 1. The fourth-order valence-electron chi connectivity index (χ4n) is 2.51. The van der Waals surface area contributed by atoms with Crippen molar-refractivity contribution in [2.75, 3.05) is 13.7 Å². The van der Waals surface area contributed by atoms with E-state index in [1.54, 1.807) is 24.2 Å². The van der Waals surface area contributed by atoms with Gasteiger partial charge in [-0.3, -0.25) is 14.8 Å². The van der Waals surface area contributed by atoms with E-state index in [9.17, 15) is 0 Å². The number of thioether (sulfide) groups is 1. The number of allylic oxidation sites excluding steroid dienone is 3. The predicted octanol–water partition coefficient (Wildman–Crippen LogP) is 3.82. The number of hydrogen-bond acceptors (Lipinski definition) is 6. The van der Waals surface area contributed by atoms with Crippen LogP contribution in [0, 0.1) is 0 Å². The van der Waals surface area contributed by atoms with Crippen LogP contribution in [0.3, 0.4) is 0 Å². The van der Waals surface area contributed by atoms with E-state index >= 15 is 0 Å². The van der Waals surface area contributed by atoms with Crippen molar-refractivity contribution in [1.29, 1.82) is 0 Å². The van der Waals surface area contributed by atoms with Gasteiger partial charge in [0, 0.05) is 25.4 Å². The average Bonchev–Trinajstić information content (AvgIpc) is 3.41. The van der Waals surface area contributed by atoms with Crippen molar-refractivity contribution in [3.63, 3.8) is 0 Å². The Labute approximate surface area is 176 Å². The summed E-state index contributed by atoms with van der Waals surface area (Å²) in [6.45, 7) is 2.71. The molecule has 1 aliphatic carbocycles. The quantitative estimate of drug-likeness (QED) is 0.448. The summed E-state index contributed by atoms with van der Waals surface area (Å²) in [5.41, 5.74) is 5.21. The number of fused-ring (bicyclic) bond motifs is 2. The number of nitrogens with one attached hydrogen (secondary N) is 1. The average molecular weight is 416 g/mol. The van der Waals surface area contributed by atoms with Gasteiger partial charge in [0.25, 0.3) is 0 Å². The molecule has 2 aliphatic heterocycles. The van der Waals surface area contributed by atoms with Gasteiger partial charge in [0.2, 0.25) is 6.41 Å². The summed E-state index contributed by atoms with van der Waals surface area (Å²) in [4.78, 5) is 17.6. The molecule has 0 aromatic heterocycles. The first-order valence-corrected chi connectivity index (χ1v) is 10.4. The highest BCUT2D eigenvalue weighted by Gasteiger charge is 2.20. The fourth-order valence-corrected chi connectivity index (χ4v) is 3.43. The van der Waals surface area contributed by atoms with E-state index in [1.165, 1.54) is 5.56 Å². The molecule has 0 bridgehead atoms. The third-order valence-electron chi connectivity index (χ3n) is 3.94. The number of rotatable bonds is 3. The summed E-state index contributed by atoms with van der Waals surface area (Å²) in [6, 6.07) is 6.57. The largest absolute Gasteiger partial charge is 0.493 e. The molecule has 5 nitrogen and oxygen atoms in total. The van der Waals surface area contributed by atoms with Gasteiger partial charge in [0.05, 0.1) is 23.4 Å². The van der Waals surface area contributed by atoms with Crippen LogP contribution < -0.4 is 10.1 Å². The maximum atomic E-state index is 9.06. The van der Waals surface area contributed by atoms with Crippen LogP contribution in [0.4, 0.5) is 0 Å². The van der Waals surface area contributed by atoms with Crippen molar-refractivity contribution < 1.29 is 9.53 Å². The molecule has 0 saturated heterocycles. The Morgan fingerprint density at radius 1 is 1.39 bits per heavy atom. The number of benzene rings is 1. The number of amides is 1. The minimum Gasteiger partial charge on any atom is -0.493 e. The molecule has 1 amide bonds. The van der Waals surface area contributed by atoms with E-state index in [2.05, 4.69) is 58.3 Å². The first kappa shape index (κ1) is 22.0. The van der Waals surface area contributed by atoms with Gasteiger partial charge in [0.1, 0.15) is 5.75 Å². The molecule has 148 valence electrons. The van der Waals surface area contributed by atoms with Crippen molar-refractivity contribution in [2.24, 2.45) is 9.98 Å². The van der Waals surface area contributed by atoms with Crippen molar-refractivity contribution >= 4 is 42.6 Å². The molecule has 0 radical (unpaired) electrons. The molecule has 2 heterocycles. The summed E-state index contributed by atoms with van der Waals surface area (Å²) in [6.07, 6.45) is 12.0. The Bertz CT molecular complexity index is 801. The Morgan fingerprint density at radius 3 is 2.89 bits per heavy atom. The molecule has 3 aliphatic rings. The highest BCUT2D eigenvalue weighted by Crippen LogP contribution is 2.26. The summed E-state index contributed by atoms with van der Waals surface area (Å²) < 4.78 is 5.43. The molecular formula is C21H25N3O2S2. The predicted molar refractivity (Wildman–Crippen MR) is 123 cm³/mol. The molecule has 1 aromatic carbocycles. The maximum absolute atomic E-state index is 9.06. The van der Waals surface area contributed by atoms with Gasteiger partial charge in [0.15, 0.2) is 0 Å². The SMILES string of the molecule is C/C(=C/S)N=Cc1ccc2c(c1)CCO2.C1=CC2N=CSC2C=C1.CNC=O. The van der Waals surface area contributed by atoms with Crippen LogP contribution in [0.2, 0.25) is 0 Å². The monoisotopic (exact) mass is 415 g/mol. The second-order valence-corrected chi connectivity index (χ2v) is 7.30.